The van der Waals surface area contributed by atoms with Gasteiger partial charge in [0.15, 0.2) is 0 Å². The average Bonchev–Trinajstić information content (AvgIpc) is 2.46. The zero-order chi connectivity index (χ0) is 12.8. The van der Waals surface area contributed by atoms with Gasteiger partial charge in [0.25, 0.3) is 0 Å². The topological polar surface area (TPSA) is 25.8 Å². The summed E-state index contributed by atoms with van der Waals surface area (Å²) in [5.41, 5.74) is 2.46. The van der Waals surface area contributed by atoms with Crippen molar-refractivity contribution < 1.29 is 0 Å². The summed E-state index contributed by atoms with van der Waals surface area (Å²) in [4.78, 5) is 8.46. The van der Waals surface area contributed by atoms with Gasteiger partial charge >= 0.3 is 0 Å². The summed E-state index contributed by atoms with van der Waals surface area (Å²) in [7, 11) is 0. The Labute approximate surface area is 113 Å². The summed E-state index contributed by atoms with van der Waals surface area (Å²) >= 11 is 1.93. The molecule has 94 valence electrons. The predicted octanol–water partition coefficient (Wildman–Crippen LogP) is 4.07. The maximum atomic E-state index is 4.35. The molecule has 1 heterocycles. The molecule has 0 bridgehead atoms. The largest absolute Gasteiger partial charge is 0.261 e. The third-order valence-corrected chi connectivity index (χ3v) is 4.40. The Kier molecular flexibility index (Phi) is 4.76. The first-order valence-electron chi connectivity index (χ1n) is 6.20. The Morgan fingerprint density at radius 1 is 1.11 bits per heavy atom. The van der Waals surface area contributed by atoms with Crippen LogP contribution in [-0.2, 0) is 0 Å². The molecule has 0 amide bonds. The molecule has 2 rings (SSSR count). The molecular weight excluding hydrogens is 240 g/mol. The number of nitrogens with zero attached hydrogens (tertiary/aromatic N) is 2. The van der Waals surface area contributed by atoms with E-state index in [2.05, 4.69) is 54.1 Å². The maximum Gasteiger partial charge on any atom is 0.0713 e. The van der Waals surface area contributed by atoms with E-state index in [0.29, 0.717) is 11.2 Å². The van der Waals surface area contributed by atoms with Crippen LogP contribution in [0.25, 0.3) is 0 Å². The molecule has 0 N–H and O–H groups in total. The average molecular weight is 258 g/mol. The van der Waals surface area contributed by atoms with Gasteiger partial charge in [0.05, 0.1) is 5.69 Å². The Balaban J connectivity index is 1.89. The minimum Gasteiger partial charge on any atom is -0.261 e. The molecule has 2 atom stereocenters. The first kappa shape index (κ1) is 13.1. The van der Waals surface area contributed by atoms with Crippen molar-refractivity contribution in [3.63, 3.8) is 0 Å². The van der Waals surface area contributed by atoms with Crippen LogP contribution in [0.4, 0.5) is 0 Å². The second kappa shape index (κ2) is 6.55. The molecule has 1 aromatic heterocycles. The van der Waals surface area contributed by atoms with E-state index in [0.717, 1.165) is 11.4 Å². The summed E-state index contributed by atoms with van der Waals surface area (Å²) in [6, 6.07) is 10.6. The smallest absolute Gasteiger partial charge is 0.0713 e. The fraction of sp³-hybridized carbons (Fsp3) is 0.333. The van der Waals surface area contributed by atoms with Crippen LogP contribution in [0.1, 0.15) is 36.3 Å². The lowest BCUT2D eigenvalue weighted by molar-refractivity contribution is 0.872. The molecule has 1 aromatic carbocycles. The molecule has 2 unspecified atom stereocenters. The van der Waals surface area contributed by atoms with E-state index in [-0.39, 0.29) is 0 Å². The molecule has 18 heavy (non-hydrogen) atoms. The van der Waals surface area contributed by atoms with Crippen molar-refractivity contribution >= 4 is 11.8 Å². The van der Waals surface area contributed by atoms with Crippen LogP contribution >= 0.6 is 11.8 Å². The van der Waals surface area contributed by atoms with Gasteiger partial charge in [-0.1, -0.05) is 37.3 Å². The van der Waals surface area contributed by atoms with E-state index in [9.17, 15) is 0 Å². The number of hydrogen-bond acceptors (Lipinski definition) is 3. The van der Waals surface area contributed by atoms with Crippen molar-refractivity contribution in [1.82, 2.24) is 9.97 Å². The number of hydrogen-bond donors (Lipinski definition) is 0. The number of benzene rings is 1. The lowest BCUT2D eigenvalue weighted by Crippen LogP contribution is -2.00. The summed E-state index contributed by atoms with van der Waals surface area (Å²) in [6.07, 6.45) is 5.32. The van der Waals surface area contributed by atoms with Crippen molar-refractivity contribution in [3.8, 4) is 0 Å². The number of aromatic nitrogens is 2. The van der Waals surface area contributed by atoms with Gasteiger partial charge in [-0.15, -0.1) is 0 Å². The molecule has 0 fully saturated rings. The van der Waals surface area contributed by atoms with Crippen molar-refractivity contribution in [1.29, 1.82) is 0 Å². The number of rotatable bonds is 5. The molecular formula is C15H18N2S. The first-order chi connectivity index (χ1) is 8.77. The summed E-state index contributed by atoms with van der Waals surface area (Å²) in [5.74, 6) is 1.66. The van der Waals surface area contributed by atoms with E-state index in [4.69, 9.17) is 0 Å². The monoisotopic (exact) mass is 258 g/mol. The van der Waals surface area contributed by atoms with Gasteiger partial charge in [-0.2, -0.15) is 11.8 Å². The third kappa shape index (κ3) is 3.57. The SMILES string of the molecule is CC(CSC(C)c1cnccn1)c1ccccc1. The highest BCUT2D eigenvalue weighted by molar-refractivity contribution is 7.99. The predicted molar refractivity (Wildman–Crippen MR) is 77.8 cm³/mol. The standard InChI is InChI=1S/C15H18N2S/c1-12(14-6-4-3-5-7-14)11-18-13(2)15-10-16-8-9-17-15/h3-10,12-13H,11H2,1-2H3. The van der Waals surface area contributed by atoms with Crippen LogP contribution < -0.4 is 0 Å². The summed E-state index contributed by atoms with van der Waals surface area (Å²) in [6.45, 7) is 4.46. The fourth-order valence-corrected chi connectivity index (χ4v) is 2.83. The highest BCUT2D eigenvalue weighted by Crippen LogP contribution is 2.30. The van der Waals surface area contributed by atoms with E-state index >= 15 is 0 Å². The summed E-state index contributed by atoms with van der Waals surface area (Å²) in [5, 5.41) is 0.393. The van der Waals surface area contributed by atoms with E-state index < -0.39 is 0 Å². The zero-order valence-corrected chi connectivity index (χ0v) is 11.6. The minimum atomic E-state index is 0.393. The Bertz CT molecular complexity index is 413. The fourth-order valence-electron chi connectivity index (χ4n) is 1.77. The molecule has 0 aliphatic rings. The molecule has 3 heteroatoms. The van der Waals surface area contributed by atoms with Gasteiger partial charge < -0.3 is 0 Å². The van der Waals surface area contributed by atoms with E-state index in [1.165, 1.54) is 5.56 Å². The normalized spacial score (nSPS) is 14.1. The lowest BCUT2D eigenvalue weighted by atomic mass is 10.0. The molecule has 0 radical (unpaired) electrons. The molecule has 2 aromatic rings. The quantitative estimate of drug-likeness (QED) is 0.808. The number of thioether (sulfide) groups is 1. The second-order valence-electron chi connectivity index (χ2n) is 4.42. The van der Waals surface area contributed by atoms with Crippen molar-refractivity contribution in [2.45, 2.75) is 25.0 Å². The second-order valence-corrected chi connectivity index (χ2v) is 5.79. The van der Waals surface area contributed by atoms with Gasteiger partial charge in [-0.3, -0.25) is 9.97 Å². The van der Waals surface area contributed by atoms with Crippen LogP contribution in [0.5, 0.6) is 0 Å². The molecule has 0 aliphatic heterocycles. The van der Waals surface area contributed by atoms with Crippen LogP contribution in [0.15, 0.2) is 48.9 Å². The van der Waals surface area contributed by atoms with Gasteiger partial charge in [-0.05, 0) is 18.4 Å². The molecule has 0 saturated carbocycles. The first-order valence-corrected chi connectivity index (χ1v) is 7.24. The Morgan fingerprint density at radius 3 is 2.56 bits per heavy atom. The van der Waals surface area contributed by atoms with Crippen LogP contribution in [0.2, 0.25) is 0 Å². The van der Waals surface area contributed by atoms with E-state index in [1.54, 1.807) is 12.4 Å². The highest BCUT2D eigenvalue weighted by Gasteiger charge is 2.11. The van der Waals surface area contributed by atoms with Gasteiger partial charge in [0.1, 0.15) is 0 Å². The Morgan fingerprint density at radius 2 is 1.89 bits per heavy atom. The van der Waals surface area contributed by atoms with Crippen molar-refractivity contribution in [2.24, 2.45) is 0 Å². The van der Waals surface area contributed by atoms with Crippen molar-refractivity contribution in [3.05, 3.63) is 60.2 Å². The summed E-state index contributed by atoms with van der Waals surface area (Å²) < 4.78 is 0. The van der Waals surface area contributed by atoms with Gasteiger partial charge in [0.2, 0.25) is 0 Å². The Hall–Kier alpha value is -1.35. The molecule has 0 spiro atoms. The third-order valence-electron chi connectivity index (χ3n) is 2.96. The van der Waals surface area contributed by atoms with Crippen LogP contribution in [0, 0.1) is 0 Å². The van der Waals surface area contributed by atoms with Gasteiger partial charge in [0, 0.05) is 29.6 Å². The van der Waals surface area contributed by atoms with Crippen LogP contribution in [-0.4, -0.2) is 15.7 Å². The zero-order valence-electron chi connectivity index (χ0n) is 10.8. The highest BCUT2D eigenvalue weighted by atomic mass is 32.2. The molecule has 0 aliphatic carbocycles. The maximum absolute atomic E-state index is 4.35. The van der Waals surface area contributed by atoms with Gasteiger partial charge in [-0.25, -0.2) is 0 Å². The van der Waals surface area contributed by atoms with E-state index in [1.807, 2.05) is 18.0 Å². The molecule has 2 nitrogen and oxygen atoms in total. The lowest BCUT2D eigenvalue weighted by Gasteiger charge is -2.15. The van der Waals surface area contributed by atoms with Crippen molar-refractivity contribution in [2.75, 3.05) is 5.75 Å². The molecule has 0 saturated heterocycles. The van der Waals surface area contributed by atoms with Crippen LogP contribution in [0.3, 0.4) is 0 Å². The minimum absolute atomic E-state index is 0.393.